The predicted octanol–water partition coefficient (Wildman–Crippen LogP) is 3.71. The third-order valence-electron chi connectivity index (χ3n) is 4.38. The fourth-order valence-electron chi connectivity index (χ4n) is 2.83. The predicted molar refractivity (Wildman–Crippen MR) is 108 cm³/mol. The Morgan fingerprint density at radius 3 is 2.79 bits per heavy atom. The number of halogens is 2. The molecule has 0 bridgehead atoms. The Kier molecular flexibility index (Phi) is 6.66. The van der Waals surface area contributed by atoms with Gasteiger partial charge in [-0.25, -0.2) is 13.8 Å². The molecule has 1 atom stereocenters. The van der Waals surface area contributed by atoms with Crippen LogP contribution in [0, 0.1) is 25.5 Å². The van der Waals surface area contributed by atoms with Crippen LogP contribution in [-0.4, -0.2) is 32.9 Å². The SMILES string of the molecule is Cc1ccc(C)c(-n2ccnc2SCC(=O)NCC(O)c2ccc(F)cc2F)c1. The molecule has 2 N–H and O–H groups in total. The van der Waals surface area contributed by atoms with E-state index in [0.29, 0.717) is 11.2 Å². The number of amides is 1. The normalized spacial score (nSPS) is 12.0. The summed E-state index contributed by atoms with van der Waals surface area (Å²) in [5.41, 5.74) is 3.14. The standard InChI is InChI=1S/C21H21F2N3O2S/c1-13-3-4-14(2)18(9-13)26-8-7-24-21(26)29-12-20(28)25-11-19(27)16-6-5-15(22)10-17(16)23/h3-10,19,27H,11-12H2,1-2H3,(H,25,28). The summed E-state index contributed by atoms with van der Waals surface area (Å²) in [4.78, 5) is 16.5. The summed E-state index contributed by atoms with van der Waals surface area (Å²) in [6, 6.07) is 9.04. The number of nitrogens with zero attached hydrogens (tertiary/aromatic N) is 2. The lowest BCUT2D eigenvalue weighted by Gasteiger charge is -2.14. The molecular formula is C21H21F2N3O2S. The average Bonchev–Trinajstić information content (AvgIpc) is 3.14. The van der Waals surface area contributed by atoms with E-state index in [0.717, 1.165) is 28.9 Å². The van der Waals surface area contributed by atoms with Crippen molar-refractivity contribution in [3.05, 3.63) is 77.1 Å². The van der Waals surface area contributed by atoms with Crippen LogP contribution in [-0.2, 0) is 4.79 Å². The van der Waals surface area contributed by atoms with E-state index in [1.807, 2.05) is 36.7 Å². The number of hydrogen-bond acceptors (Lipinski definition) is 4. The van der Waals surface area contributed by atoms with E-state index in [4.69, 9.17) is 0 Å². The highest BCUT2D eigenvalue weighted by Gasteiger charge is 2.16. The van der Waals surface area contributed by atoms with Crippen molar-refractivity contribution in [3.63, 3.8) is 0 Å². The van der Waals surface area contributed by atoms with Crippen molar-refractivity contribution in [1.82, 2.24) is 14.9 Å². The van der Waals surface area contributed by atoms with Gasteiger partial charge in [0.05, 0.1) is 17.5 Å². The van der Waals surface area contributed by atoms with Crippen molar-refractivity contribution < 1.29 is 18.7 Å². The molecule has 152 valence electrons. The van der Waals surface area contributed by atoms with E-state index >= 15 is 0 Å². The highest BCUT2D eigenvalue weighted by molar-refractivity contribution is 7.99. The number of aromatic nitrogens is 2. The molecule has 0 radical (unpaired) electrons. The average molecular weight is 417 g/mol. The second kappa shape index (κ2) is 9.19. The molecule has 1 aromatic heterocycles. The van der Waals surface area contributed by atoms with Crippen molar-refractivity contribution in [2.75, 3.05) is 12.3 Å². The van der Waals surface area contributed by atoms with Gasteiger partial charge in [-0.05, 0) is 37.1 Å². The summed E-state index contributed by atoms with van der Waals surface area (Å²) in [5.74, 6) is -1.82. The number of aliphatic hydroxyl groups is 1. The number of imidazole rings is 1. The maximum absolute atomic E-state index is 13.7. The fourth-order valence-corrected chi connectivity index (χ4v) is 3.63. The number of aliphatic hydroxyl groups excluding tert-OH is 1. The van der Waals surface area contributed by atoms with E-state index in [2.05, 4.69) is 16.4 Å². The summed E-state index contributed by atoms with van der Waals surface area (Å²) >= 11 is 1.26. The number of carbonyl (C=O) groups is 1. The molecule has 3 aromatic rings. The number of rotatable bonds is 7. The first kappa shape index (κ1) is 21.0. The van der Waals surface area contributed by atoms with Crippen molar-refractivity contribution in [2.24, 2.45) is 0 Å². The Hall–Kier alpha value is -2.71. The number of nitrogens with one attached hydrogen (secondary N) is 1. The first-order chi connectivity index (χ1) is 13.8. The van der Waals surface area contributed by atoms with Crippen molar-refractivity contribution in [1.29, 1.82) is 0 Å². The Morgan fingerprint density at radius 2 is 2.03 bits per heavy atom. The summed E-state index contributed by atoms with van der Waals surface area (Å²) in [6.07, 6.45) is 2.24. The molecule has 0 fully saturated rings. The number of carbonyl (C=O) groups excluding carboxylic acids is 1. The van der Waals surface area contributed by atoms with Crippen LogP contribution in [0.4, 0.5) is 8.78 Å². The van der Waals surface area contributed by atoms with Gasteiger partial charge in [0.15, 0.2) is 5.16 Å². The van der Waals surface area contributed by atoms with Crippen LogP contribution in [0.2, 0.25) is 0 Å². The summed E-state index contributed by atoms with van der Waals surface area (Å²) in [5, 5.41) is 13.3. The Morgan fingerprint density at radius 1 is 1.24 bits per heavy atom. The van der Waals surface area contributed by atoms with Crippen LogP contribution in [0.5, 0.6) is 0 Å². The summed E-state index contributed by atoms with van der Waals surface area (Å²) < 4.78 is 28.6. The van der Waals surface area contributed by atoms with Gasteiger partial charge in [0.2, 0.25) is 5.91 Å². The van der Waals surface area contributed by atoms with Crippen LogP contribution in [0.1, 0.15) is 22.8 Å². The van der Waals surface area contributed by atoms with E-state index in [1.54, 1.807) is 6.20 Å². The molecular weight excluding hydrogens is 396 g/mol. The third kappa shape index (κ3) is 5.21. The summed E-state index contributed by atoms with van der Waals surface area (Å²) in [7, 11) is 0. The highest BCUT2D eigenvalue weighted by atomic mass is 32.2. The highest BCUT2D eigenvalue weighted by Crippen LogP contribution is 2.23. The molecule has 1 amide bonds. The molecule has 1 unspecified atom stereocenters. The number of benzene rings is 2. The molecule has 0 aliphatic carbocycles. The minimum atomic E-state index is -1.26. The number of hydrogen-bond donors (Lipinski definition) is 2. The number of thioether (sulfide) groups is 1. The molecule has 0 saturated heterocycles. The van der Waals surface area contributed by atoms with Crippen molar-refractivity contribution in [3.8, 4) is 5.69 Å². The molecule has 0 aliphatic rings. The largest absolute Gasteiger partial charge is 0.386 e. The lowest BCUT2D eigenvalue weighted by molar-refractivity contribution is -0.119. The fraction of sp³-hybridized carbons (Fsp3) is 0.238. The molecule has 3 rings (SSSR count). The zero-order valence-corrected chi connectivity index (χ0v) is 16.8. The van der Waals surface area contributed by atoms with Crippen molar-refractivity contribution >= 4 is 17.7 Å². The van der Waals surface area contributed by atoms with Gasteiger partial charge in [-0.15, -0.1) is 0 Å². The molecule has 8 heteroatoms. The van der Waals surface area contributed by atoms with Gasteiger partial charge in [-0.1, -0.05) is 30.0 Å². The van der Waals surface area contributed by atoms with Gasteiger partial charge in [0.1, 0.15) is 11.6 Å². The molecule has 0 aliphatic heterocycles. The van der Waals surface area contributed by atoms with Crippen LogP contribution in [0.25, 0.3) is 5.69 Å². The van der Waals surface area contributed by atoms with Gasteiger partial charge >= 0.3 is 0 Å². The molecule has 0 saturated carbocycles. The van der Waals surface area contributed by atoms with E-state index in [1.165, 1.54) is 11.8 Å². The zero-order chi connectivity index (χ0) is 21.0. The first-order valence-corrected chi connectivity index (χ1v) is 9.97. The van der Waals surface area contributed by atoms with Gasteiger partial charge in [-0.3, -0.25) is 9.36 Å². The monoisotopic (exact) mass is 417 g/mol. The van der Waals surface area contributed by atoms with E-state index in [9.17, 15) is 18.7 Å². The number of aryl methyl sites for hydroxylation is 2. The Balaban J connectivity index is 1.58. The minimum Gasteiger partial charge on any atom is -0.386 e. The maximum Gasteiger partial charge on any atom is 0.230 e. The van der Waals surface area contributed by atoms with Gasteiger partial charge < -0.3 is 10.4 Å². The van der Waals surface area contributed by atoms with Crippen LogP contribution >= 0.6 is 11.8 Å². The maximum atomic E-state index is 13.7. The second-order valence-electron chi connectivity index (χ2n) is 6.64. The van der Waals surface area contributed by atoms with Gasteiger partial charge in [0, 0.05) is 30.6 Å². The summed E-state index contributed by atoms with van der Waals surface area (Å²) in [6.45, 7) is 3.84. The Bertz CT molecular complexity index is 1020. The first-order valence-electron chi connectivity index (χ1n) is 8.98. The third-order valence-corrected chi connectivity index (χ3v) is 5.34. The topological polar surface area (TPSA) is 67.2 Å². The lowest BCUT2D eigenvalue weighted by atomic mass is 10.1. The smallest absolute Gasteiger partial charge is 0.230 e. The van der Waals surface area contributed by atoms with Crippen LogP contribution < -0.4 is 5.32 Å². The van der Waals surface area contributed by atoms with Gasteiger partial charge in [-0.2, -0.15) is 0 Å². The van der Waals surface area contributed by atoms with Crippen LogP contribution in [0.3, 0.4) is 0 Å². The quantitative estimate of drug-likeness (QED) is 0.575. The molecule has 2 aromatic carbocycles. The van der Waals surface area contributed by atoms with Gasteiger partial charge in [0.25, 0.3) is 0 Å². The Labute approximate surface area is 171 Å². The minimum absolute atomic E-state index is 0.0650. The van der Waals surface area contributed by atoms with E-state index in [-0.39, 0.29) is 23.8 Å². The second-order valence-corrected chi connectivity index (χ2v) is 7.59. The van der Waals surface area contributed by atoms with Crippen LogP contribution in [0.15, 0.2) is 53.9 Å². The van der Waals surface area contributed by atoms with E-state index < -0.39 is 17.7 Å². The molecule has 5 nitrogen and oxygen atoms in total. The molecule has 29 heavy (non-hydrogen) atoms. The molecule has 1 heterocycles. The zero-order valence-electron chi connectivity index (χ0n) is 16.0. The lowest BCUT2D eigenvalue weighted by Crippen LogP contribution is -2.30. The van der Waals surface area contributed by atoms with Crippen molar-refractivity contribution in [2.45, 2.75) is 25.1 Å². The molecule has 0 spiro atoms.